The van der Waals surface area contributed by atoms with E-state index in [1.807, 2.05) is 27.7 Å². The normalized spacial score (nSPS) is 11.9. The molecule has 0 aliphatic carbocycles. The molecule has 0 saturated heterocycles. The minimum Gasteiger partial charge on any atom is -0.335 e. The highest BCUT2D eigenvalue weighted by Crippen LogP contribution is 2.21. The Morgan fingerprint density at radius 2 is 1.88 bits per heavy atom. The number of nitrogens with one attached hydrogen (secondary N) is 1. The van der Waals surface area contributed by atoms with Crippen LogP contribution in [0.4, 0.5) is 0 Å². The minimum atomic E-state index is -0.168. The van der Waals surface area contributed by atoms with E-state index in [0.717, 1.165) is 0 Å². The smallest absolute Gasteiger partial charge is 0.265 e. The molecule has 86 valence electrons. The van der Waals surface area contributed by atoms with Gasteiger partial charge in [-0.15, -0.1) is 0 Å². The van der Waals surface area contributed by atoms with Crippen LogP contribution in [0.2, 0.25) is 0 Å². The second-order valence-corrected chi connectivity index (χ2v) is 4.51. The number of rotatable bonds is 2. The van der Waals surface area contributed by atoms with Crippen LogP contribution < -0.4 is 5.56 Å². The summed E-state index contributed by atoms with van der Waals surface area (Å²) in [5, 5.41) is 4.37. The molecule has 0 amide bonds. The SMILES string of the molecule is CC(C)c1nc2onc(C(C)C)c2c(=O)[nH]1. The van der Waals surface area contributed by atoms with Crippen molar-refractivity contribution in [2.75, 3.05) is 0 Å². The van der Waals surface area contributed by atoms with E-state index in [4.69, 9.17) is 4.52 Å². The van der Waals surface area contributed by atoms with Crippen molar-refractivity contribution in [3.8, 4) is 0 Å². The van der Waals surface area contributed by atoms with Gasteiger partial charge in [-0.2, -0.15) is 4.98 Å². The van der Waals surface area contributed by atoms with Crippen LogP contribution >= 0.6 is 0 Å². The molecule has 2 aromatic heterocycles. The maximum absolute atomic E-state index is 11.9. The third kappa shape index (κ3) is 1.62. The second-order valence-electron chi connectivity index (χ2n) is 4.51. The van der Waals surface area contributed by atoms with E-state index in [1.54, 1.807) is 0 Å². The average Bonchev–Trinajstić information content (AvgIpc) is 2.61. The zero-order valence-corrected chi connectivity index (χ0v) is 9.87. The predicted molar refractivity (Wildman–Crippen MR) is 60.6 cm³/mol. The van der Waals surface area contributed by atoms with Crippen molar-refractivity contribution in [3.05, 3.63) is 21.9 Å². The minimum absolute atomic E-state index is 0.147. The lowest BCUT2D eigenvalue weighted by Gasteiger charge is -2.02. The summed E-state index contributed by atoms with van der Waals surface area (Å²) in [5.74, 6) is 0.933. The Kier molecular flexibility index (Phi) is 2.53. The quantitative estimate of drug-likeness (QED) is 0.843. The van der Waals surface area contributed by atoms with Gasteiger partial charge in [-0.25, -0.2) is 0 Å². The standard InChI is InChI=1S/C11H15N3O2/c1-5(2)8-7-10(15)12-9(6(3)4)13-11(7)16-14-8/h5-6H,1-4H3,(H,12,13,15). The first kappa shape index (κ1) is 10.9. The third-order valence-corrected chi connectivity index (χ3v) is 2.48. The fourth-order valence-corrected chi connectivity index (χ4v) is 1.57. The van der Waals surface area contributed by atoms with Crippen LogP contribution in [0.25, 0.3) is 11.1 Å². The maximum Gasteiger partial charge on any atom is 0.265 e. The van der Waals surface area contributed by atoms with E-state index < -0.39 is 0 Å². The molecule has 2 aromatic rings. The van der Waals surface area contributed by atoms with Gasteiger partial charge in [0.05, 0.1) is 0 Å². The summed E-state index contributed by atoms with van der Waals surface area (Å²) in [6.07, 6.45) is 0. The number of H-pyrrole nitrogens is 1. The summed E-state index contributed by atoms with van der Waals surface area (Å²) in [6.45, 7) is 7.86. The van der Waals surface area contributed by atoms with Crippen molar-refractivity contribution in [1.29, 1.82) is 0 Å². The Morgan fingerprint density at radius 3 is 2.44 bits per heavy atom. The Labute approximate surface area is 92.9 Å². The molecule has 16 heavy (non-hydrogen) atoms. The van der Waals surface area contributed by atoms with Crippen molar-refractivity contribution in [1.82, 2.24) is 15.1 Å². The molecule has 0 radical (unpaired) electrons. The molecule has 5 nitrogen and oxygen atoms in total. The third-order valence-electron chi connectivity index (χ3n) is 2.48. The lowest BCUT2D eigenvalue weighted by molar-refractivity contribution is 0.433. The van der Waals surface area contributed by atoms with Crippen molar-refractivity contribution in [2.24, 2.45) is 0 Å². The molecular formula is C11H15N3O2. The van der Waals surface area contributed by atoms with Crippen molar-refractivity contribution < 1.29 is 4.52 Å². The second kappa shape index (κ2) is 3.73. The van der Waals surface area contributed by atoms with Crippen LogP contribution in [-0.4, -0.2) is 15.1 Å². The summed E-state index contributed by atoms with van der Waals surface area (Å²) in [7, 11) is 0. The fourth-order valence-electron chi connectivity index (χ4n) is 1.57. The number of aromatic nitrogens is 3. The molecule has 2 rings (SSSR count). The van der Waals surface area contributed by atoms with Gasteiger partial charge in [0.1, 0.15) is 16.9 Å². The van der Waals surface area contributed by atoms with Crippen LogP contribution in [0.15, 0.2) is 9.32 Å². The maximum atomic E-state index is 11.9. The topological polar surface area (TPSA) is 71.8 Å². The van der Waals surface area contributed by atoms with Crippen molar-refractivity contribution in [2.45, 2.75) is 39.5 Å². The molecule has 0 aromatic carbocycles. The van der Waals surface area contributed by atoms with Gasteiger partial charge in [0.25, 0.3) is 11.3 Å². The molecule has 0 bridgehead atoms. The largest absolute Gasteiger partial charge is 0.335 e. The van der Waals surface area contributed by atoms with Crippen LogP contribution in [0, 0.1) is 0 Å². The molecule has 0 unspecified atom stereocenters. The average molecular weight is 221 g/mol. The van der Waals surface area contributed by atoms with Gasteiger partial charge >= 0.3 is 0 Å². The monoisotopic (exact) mass is 221 g/mol. The first-order chi connectivity index (χ1) is 7.50. The Morgan fingerprint density at radius 1 is 1.19 bits per heavy atom. The lowest BCUT2D eigenvalue weighted by atomic mass is 10.1. The summed E-state index contributed by atoms with van der Waals surface area (Å²) in [5.41, 5.74) is 0.828. The Bertz CT molecular complexity index is 566. The Balaban J connectivity index is 2.74. The summed E-state index contributed by atoms with van der Waals surface area (Å²) in [4.78, 5) is 18.9. The number of fused-ring (bicyclic) bond motifs is 1. The van der Waals surface area contributed by atoms with Crippen molar-refractivity contribution in [3.63, 3.8) is 0 Å². The summed E-state index contributed by atoms with van der Waals surface area (Å²) < 4.78 is 5.10. The van der Waals surface area contributed by atoms with Gasteiger partial charge in [-0.1, -0.05) is 32.9 Å². The number of aromatic amines is 1. The zero-order valence-electron chi connectivity index (χ0n) is 9.87. The highest BCUT2D eigenvalue weighted by atomic mass is 16.5. The number of hydrogen-bond acceptors (Lipinski definition) is 4. The van der Waals surface area contributed by atoms with Crippen molar-refractivity contribution >= 4 is 11.1 Å². The zero-order chi connectivity index (χ0) is 11.9. The van der Waals surface area contributed by atoms with E-state index in [-0.39, 0.29) is 17.4 Å². The lowest BCUT2D eigenvalue weighted by Crippen LogP contribution is -2.13. The fraction of sp³-hybridized carbons (Fsp3) is 0.545. The van der Waals surface area contributed by atoms with E-state index in [1.165, 1.54) is 0 Å². The van der Waals surface area contributed by atoms with E-state index in [0.29, 0.717) is 22.6 Å². The molecule has 0 aliphatic rings. The van der Waals surface area contributed by atoms with Gasteiger partial charge < -0.3 is 9.51 Å². The first-order valence-electron chi connectivity index (χ1n) is 5.40. The molecule has 0 fully saturated rings. The highest BCUT2D eigenvalue weighted by Gasteiger charge is 2.17. The highest BCUT2D eigenvalue weighted by molar-refractivity contribution is 5.75. The molecule has 0 spiro atoms. The molecule has 0 aliphatic heterocycles. The number of nitrogens with zero attached hydrogens (tertiary/aromatic N) is 2. The van der Waals surface area contributed by atoms with Crippen LogP contribution in [0.1, 0.15) is 51.0 Å². The van der Waals surface area contributed by atoms with Gasteiger partial charge in [0, 0.05) is 5.92 Å². The summed E-state index contributed by atoms with van der Waals surface area (Å²) >= 11 is 0. The van der Waals surface area contributed by atoms with Crippen LogP contribution in [0.5, 0.6) is 0 Å². The van der Waals surface area contributed by atoms with E-state index in [2.05, 4.69) is 15.1 Å². The van der Waals surface area contributed by atoms with Gasteiger partial charge in [-0.3, -0.25) is 4.79 Å². The molecule has 0 saturated carbocycles. The van der Waals surface area contributed by atoms with E-state index in [9.17, 15) is 4.79 Å². The molecular weight excluding hydrogens is 206 g/mol. The first-order valence-corrected chi connectivity index (χ1v) is 5.40. The molecule has 0 atom stereocenters. The van der Waals surface area contributed by atoms with Crippen LogP contribution in [0.3, 0.4) is 0 Å². The van der Waals surface area contributed by atoms with Gasteiger partial charge in [-0.05, 0) is 5.92 Å². The molecule has 5 heteroatoms. The van der Waals surface area contributed by atoms with Gasteiger partial charge in [0.15, 0.2) is 0 Å². The van der Waals surface area contributed by atoms with E-state index >= 15 is 0 Å². The van der Waals surface area contributed by atoms with Gasteiger partial charge in [0.2, 0.25) is 0 Å². The van der Waals surface area contributed by atoms with Crippen LogP contribution in [-0.2, 0) is 0 Å². The molecule has 2 heterocycles. The number of hydrogen-bond donors (Lipinski definition) is 1. The summed E-state index contributed by atoms with van der Waals surface area (Å²) in [6, 6.07) is 0. The Hall–Kier alpha value is -1.65. The molecule has 1 N–H and O–H groups in total. The predicted octanol–water partition coefficient (Wildman–Crippen LogP) is 2.16.